The van der Waals surface area contributed by atoms with Crippen molar-refractivity contribution in [3.05, 3.63) is 35.9 Å². The molecule has 1 heterocycles. The normalized spacial score (nSPS) is 19.2. The molecule has 0 N–H and O–H groups in total. The van der Waals surface area contributed by atoms with Gasteiger partial charge in [0.15, 0.2) is 11.5 Å². The molecule has 0 aliphatic carbocycles. The zero-order chi connectivity index (χ0) is 10.7. The largest absolute Gasteiger partial charge is 0.493 e. The Morgan fingerprint density at radius 2 is 2.13 bits per heavy atom. The van der Waals surface area contributed by atoms with Gasteiger partial charge in [-0.2, -0.15) is 0 Å². The highest BCUT2D eigenvalue weighted by Gasteiger charge is 2.19. The molecule has 0 fully saturated rings. The average molecular weight is 206 g/mol. The minimum Gasteiger partial charge on any atom is -0.493 e. The fourth-order valence-electron chi connectivity index (χ4n) is 1.72. The van der Waals surface area contributed by atoms with E-state index in [-0.39, 0.29) is 6.10 Å². The Balaban J connectivity index is 2.40. The summed E-state index contributed by atoms with van der Waals surface area (Å²) >= 11 is 0. The van der Waals surface area contributed by atoms with Crippen molar-refractivity contribution < 1.29 is 14.2 Å². The first-order chi connectivity index (χ1) is 7.36. The van der Waals surface area contributed by atoms with E-state index in [2.05, 4.69) is 0 Å². The molecule has 0 saturated heterocycles. The van der Waals surface area contributed by atoms with Gasteiger partial charge in [-0.15, -0.1) is 0 Å². The van der Waals surface area contributed by atoms with Gasteiger partial charge < -0.3 is 14.2 Å². The van der Waals surface area contributed by atoms with Crippen LogP contribution in [0.1, 0.15) is 11.7 Å². The lowest BCUT2D eigenvalue weighted by Gasteiger charge is -2.15. The first-order valence-corrected chi connectivity index (χ1v) is 4.86. The predicted octanol–water partition coefficient (Wildman–Crippen LogP) is 2.33. The molecule has 15 heavy (non-hydrogen) atoms. The number of ether oxygens (including phenoxy) is 3. The lowest BCUT2D eigenvalue weighted by Crippen LogP contribution is -2.01. The molecule has 1 atom stereocenters. The molecular weight excluding hydrogens is 192 g/mol. The Labute approximate surface area is 89.3 Å². The van der Waals surface area contributed by atoms with E-state index >= 15 is 0 Å². The van der Waals surface area contributed by atoms with E-state index in [9.17, 15) is 0 Å². The molecule has 0 bridgehead atoms. The van der Waals surface area contributed by atoms with Crippen LogP contribution in [0.5, 0.6) is 11.5 Å². The molecule has 1 aromatic carbocycles. The molecule has 1 aliphatic heterocycles. The number of benzene rings is 1. The molecule has 0 saturated carbocycles. The SMILES string of the molecule is COc1cccc(C2C=CCO2)c1OC. The van der Waals surface area contributed by atoms with Crippen LogP contribution in [-0.4, -0.2) is 20.8 Å². The minimum atomic E-state index is -0.0185. The summed E-state index contributed by atoms with van der Waals surface area (Å²) in [5, 5.41) is 0. The molecule has 3 heteroatoms. The lowest BCUT2D eigenvalue weighted by atomic mass is 10.1. The third kappa shape index (κ3) is 1.83. The monoisotopic (exact) mass is 206 g/mol. The van der Waals surface area contributed by atoms with Crippen LogP contribution in [-0.2, 0) is 4.74 Å². The van der Waals surface area contributed by atoms with E-state index in [4.69, 9.17) is 14.2 Å². The molecule has 0 radical (unpaired) electrons. The van der Waals surface area contributed by atoms with Gasteiger partial charge in [-0.25, -0.2) is 0 Å². The number of hydrogen-bond donors (Lipinski definition) is 0. The summed E-state index contributed by atoms with van der Waals surface area (Å²) < 4.78 is 16.1. The summed E-state index contributed by atoms with van der Waals surface area (Å²) in [4.78, 5) is 0. The van der Waals surface area contributed by atoms with Crippen LogP contribution in [0.4, 0.5) is 0 Å². The molecule has 1 unspecified atom stereocenters. The Hall–Kier alpha value is -1.48. The van der Waals surface area contributed by atoms with E-state index in [1.165, 1.54) is 0 Å². The predicted molar refractivity (Wildman–Crippen MR) is 57.4 cm³/mol. The van der Waals surface area contributed by atoms with Crippen LogP contribution in [0.3, 0.4) is 0 Å². The van der Waals surface area contributed by atoms with Gasteiger partial charge in [0.2, 0.25) is 0 Å². The summed E-state index contributed by atoms with van der Waals surface area (Å²) in [5.41, 5.74) is 1.01. The Morgan fingerprint density at radius 3 is 2.73 bits per heavy atom. The van der Waals surface area contributed by atoms with E-state index in [1.54, 1.807) is 14.2 Å². The Morgan fingerprint density at radius 1 is 1.27 bits per heavy atom. The zero-order valence-corrected chi connectivity index (χ0v) is 8.90. The van der Waals surface area contributed by atoms with Crippen molar-refractivity contribution in [1.29, 1.82) is 0 Å². The van der Waals surface area contributed by atoms with Gasteiger partial charge in [-0.1, -0.05) is 24.3 Å². The van der Waals surface area contributed by atoms with E-state index in [1.807, 2.05) is 30.4 Å². The van der Waals surface area contributed by atoms with Gasteiger partial charge in [-0.3, -0.25) is 0 Å². The van der Waals surface area contributed by atoms with E-state index in [0.29, 0.717) is 6.61 Å². The lowest BCUT2D eigenvalue weighted by molar-refractivity contribution is 0.126. The molecule has 0 spiro atoms. The maximum absolute atomic E-state index is 5.53. The van der Waals surface area contributed by atoms with Crippen molar-refractivity contribution in [2.24, 2.45) is 0 Å². The first-order valence-electron chi connectivity index (χ1n) is 4.86. The quantitative estimate of drug-likeness (QED) is 0.710. The fraction of sp³-hybridized carbons (Fsp3) is 0.333. The Kier molecular flexibility index (Phi) is 2.92. The van der Waals surface area contributed by atoms with Crippen LogP contribution in [0, 0.1) is 0 Å². The summed E-state index contributed by atoms with van der Waals surface area (Å²) in [5.74, 6) is 1.48. The van der Waals surface area contributed by atoms with Gasteiger partial charge in [0.1, 0.15) is 6.10 Å². The smallest absolute Gasteiger partial charge is 0.166 e. The first kappa shape index (κ1) is 10.1. The zero-order valence-electron chi connectivity index (χ0n) is 8.90. The van der Waals surface area contributed by atoms with Crippen molar-refractivity contribution in [2.75, 3.05) is 20.8 Å². The molecule has 2 rings (SSSR count). The highest BCUT2D eigenvalue weighted by atomic mass is 16.5. The highest BCUT2D eigenvalue weighted by molar-refractivity contribution is 5.48. The molecule has 3 nitrogen and oxygen atoms in total. The number of hydrogen-bond acceptors (Lipinski definition) is 3. The third-order valence-corrected chi connectivity index (χ3v) is 2.42. The number of para-hydroxylation sites is 1. The fourth-order valence-corrected chi connectivity index (χ4v) is 1.72. The molecule has 80 valence electrons. The van der Waals surface area contributed by atoms with E-state index in [0.717, 1.165) is 17.1 Å². The number of rotatable bonds is 3. The van der Waals surface area contributed by atoms with E-state index < -0.39 is 0 Å². The van der Waals surface area contributed by atoms with Crippen LogP contribution < -0.4 is 9.47 Å². The van der Waals surface area contributed by atoms with Crippen LogP contribution in [0.2, 0.25) is 0 Å². The van der Waals surface area contributed by atoms with Crippen molar-refractivity contribution in [3.63, 3.8) is 0 Å². The third-order valence-electron chi connectivity index (χ3n) is 2.42. The van der Waals surface area contributed by atoms with Crippen LogP contribution in [0.25, 0.3) is 0 Å². The molecular formula is C12H14O3. The second kappa shape index (κ2) is 4.36. The second-order valence-electron chi connectivity index (χ2n) is 3.26. The average Bonchev–Trinajstić information content (AvgIpc) is 2.81. The van der Waals surface area contributed by atoms with Gasteiger partial charge >= 0.3 is 0 Å². The molecule has 1 aromatic rings. The van der Waals surface area contributed by atoms with Crippen molar-refractivity contribution in [1.82, 2.24) is 0 Å². The van der Waals surface area contributed by atoms with Gasteiger partial charge in [0, 0.05) is 5.56 Å². The summed E-state index contributed by atoms with van der Waals surface area (Å²) in [7, 11) is 3.27. The summed E-state index contributed by atoms with van der Waals surface area (Å²) in [6.07, 6.45) is 4.01. The standard InChI is InChI=1S/C12H14O3/c1-13-11-6-3-5-9(12(11)14-2)10-7-4-8-15-10/h3-7,10H,8H2,1-2H3. The summed E-state index contributed by atoms with van der Waals surface area (Å²) in [6.45, 7) is 0.658. The van der Waals surface area contributed by atoms with Crippen molar-refractivity contribution in [2.45, 2.75) is 6.10 Å². The van der Waals surface area contributed by atoms with Crippen molar-refractivity contribution in [3.8, 4) is 11.5 Å². The maximum Gasteiger partial charge on any atom is 0.166 e. The molecule has 0 aromatic heterocycles. The van der Waals surface area contributed by atoms with Crippen molar-refractivity contribution >= 4 is 0 Å². The topological polar surface area (TPSA) is 27.7 Å². The summed E-state index contributed by atoms with van der Waals surface area (Å²) in [6, 6.07) is 5.80. The molecule has 0 amide bonds. The number of methoxy groups -OCH3 is 2. The van der Waals surface area contributed by atoms with Crippen LogP contribution >= 0.6 is 0 Å². The Bertz CT molecular complexity index is 371. The van der Waals surface area contributed by atoms with Gasteiger partial charge in [-0.05, 0) is 6.07 Å². The molecule has 1 aliphatic rings. The second-order valence-corrected chi connectivity index (χ2v) is 3.26. The van der Waals surface area contributed by atoms with Crippen LogP contribution in [0.15, 0.2) is 30.4 Å². The minimum absolute atomic E-state index is 0.0185. The van der Waals surface area contributed by atoms with Gasteiger partial charge in [0.05, 0.1) is 20.8 Å². The maximum atomic E-state index is 5.53. The van der Waals surface area contributed by atoms with Gasteiger partial charge in [0.25, 0.3) is 0 Å². The highest BCUT2D eigenvalue weighted by Crippen LogP contribution is 2.37.